The summed E-state index contributed by atoms with van der Waals surface area (Å²) in [5.41, 5.74) is 0. The Hall–Kier alpha value is -1.50. The number of hydrogen-bond acceptors (Lipinski definition) is 4. The molecule has 1 aliphatic heterocycles. The molecule has 1 aromatic carbocycles. The van der Waals surface area contributed by atoms with Crippen molar-refractivity contribution in [2.24, 2.45) is 0 Å². The molecule has 5 nitrogen and oxygen atoms in total. The fourth-order valence-electron chi connectivity index (χ4n) is 6.04. The van der Waals surface area contributed by atoms with Crippen LogP contribution in [-0.4, -0.2) is 31.1 Å². The van der Waals surface area contributed by atoms with Gasteiger partial charge < -0.3 is 31.2 Å². The lowest BCUT2D eigenvalue weighted by molar-refractivity contribution is -0.696. The van der Waals surface area contributed by atoms with Gasteiger partial charge in [0.1, 0.15) is 19.3 Å². The number of aromatic nitrogens is 1. The van der Waals surface area contributed by atoms with Crippen molar-refractivity contribution in [2.45, 2.75) is 161 Å². The number of benzene rings is 1. The average molecular weight is 663 g/mol. The zero-order valence-electron chi connectivity index (χ0n) is 27.3. The summed E-state index contributed by atoms with van der Waals surface area (Å²) >= 11 is 0. The van der Waals surface area contributed by atoms with E-state index in [1.807, 2.05) is 6.92 Å². The maximum atomic E-state index is 12.2. The Morgan fingerprint density at radius 1 is 0.814 bits per heavy atom. The summed E-state index contributed by atoms with van der Waals surface area (Å²) in [6.07, 6.45) is 29.0. The molecule has 0 aliphatic carbocycles. The molecule has 0 amide bonds. The van der Waals surface area contributed by atoms with E-state index in [0.717, 1.165) is 38.6 Å². The lowest BCUT2D eigenvalue weighted by Crippen LogP contribution is -3.00. The van der Waals surface area contributed by atoms with E-state index < -0.39 is 5.79 Å². The van der Waals surface area contributed by atoms with Crippen LogP contribution in [0.3, 0.4) is 0 Å². The Morgan fingerprint density at radius 2 is 1.40 bits per heavy atom. The van der Waals surface area contributed by atoms with Crippen LogP contribution in [0.1, 0.15) is 142 Å². The number of pyridine rings is 1. The van der Waals surface area contributed by atoms with Crippen LogP contribution in [0.25, 0.3) is 10.8 Å². The molecule has 3 rings (SSSR count). The summed E-state index contributed by atoms with van der Waals surface area (Å²) in [5, 5.41) is 2.52. The first-order chi connectivity index (χ1) is 20.6. The fraction of sp³-hybridized carbons (Fsp3) is 0.730. The highest BCUT2D eigenvalue weighted by Crippen LogP contribution is 2.29. The van der Waals surface area contributed by atoms with E-state index in [-0.39, 0.29) is 29.1 Å². The van der Waals surface area contributed by atoms with Crippen molar-refractivity contribution < 1.29 is 40.6 Å². The van der Waals surface area contributed by atoms with Crippen LogP contribution in [0.15, 0.2) is 42.7 Å². The molecule has 2 unspecified atom stereocenters. The second-order valence-electron chi connectivity index (χ2n) is 12.7. The molecule has 1 aromatic heterocycles. The average Bonchev–Trinajstić information content (AvgIpc) is 3.38. The smallest absolute Gasteiger partial charge is 0.305 e. The van der Waals surface area contributed by atoms with Crippen molar-refractivity contribution in [2.75, 3.05) is 13.2 Å². The van der Waals surface area contributed by atoms with E-state index in [2.05, 4.69) is 54.2 Å². The van der Waals surface area contributed by atoms with Crippen LogP contribution in [0, 0.1) is 0 Å². The molecule has 0 N–H and O–H groups in total. The summed E-state index contributed by atoms with van der Waals surface area (Å²) < 4.78 is 19.9. The molecule has 1 fully saturated rings. The number of carbonyl (C=O) groups is 1. The normalized spacial score (nSPS) is 18.1. The molecular formula is C37H60BrNO4. The SMILES string of the molecule is CCCCCCCCCCCCCCCCCC1(C)OCC(COC(=O)CCCCC[n+]2ccc3ccccc3c2)O1.[Br-]. The Morgan fingerprint density at radius 3 is 2.05 bits per heavy atom. The minimum Gasteiger partial charge on any atom is -1.00 e. The number of halogens is 1. The third-order valence-corrected chi connectivity index (χ3v) is 8.70. The first-order valence-corrected chi connectivity index (χ1v) is 17.4. The van der Waals surface area contributed by atoms with Gasteiger partial charge in [0.25, 0.3) is 0 Å². The van der Waals surface area contributed by atoms with E-state index >= 15 is 0 Å². The van der Waals surface area contributed by atoms with Crippen molar-refractivity contribution in [3.8, 4) is 0 Å². The molecule has 244 valence electrons. The number of esters is 1. The number of hydrogen-bond donors (Lipinski definition) is 0. The van der Waals surface area contributed by atoms with Gasteiger partial charge in [0.2, 0.25) is 0 Å². The molecule has 0 radical (unpaired) electrons. The van der Waals surface area contributed by atoms with Gasteiger partial charge in [-0.05, 0) is 37.6 Å². The second-order valence-corrected chi connectivity index (χ2v) is 12.7. The predicted molar refractivity (Wildman–Crippen MR) is 172 cm³/mol. The van der Waals surface area contributed by atoms with Crippen LogP contribution in [-0.2, 0) is 25.5 Å². The van der Waals surface area contributed by atoms with Gasteiger partial charge >= 0.3 is 5.97 Å². The van der Waals surface area contributed by atoms with E-state index in [9.17, 15) is 4.79 Å². The molecule has 0 spiro atoms. The fourth-order valence-corrected chi connectivity index (χ4v) is 6.04. The lowest BCUT2D eigenvalue weighted by Gasteiger charge is -2.23. The quantitative estimate of drug-likeness (QED) is 0.0720. The van der Waals surface area contributed by atoms with Gasteiger partial charge in [-0.3, -0.25) is 4.79 Å². The number of rotatable bonds is 24. The van der Waals surface area contributed by atoms with Crippen molar-refractivity contribution in [1.82, 2.24) is 0 Å². The lowest BCUT2D eigenvalue weighted by atomic mass is 10.0. The van der Waals surface area contributed by atoms with Gasteiger partial charge in [-0.2, -0.15) is 0 Å². The standard InChI is InChI=1S/C37H60NO4.BrH/c1-3-4-5-6-7-8-9-10-11-12-13-14-15-16-21-27-37(2)41-32-35(42-37)31-40-36(39)25-18-17-22-28-38-29-26-33-23-19-20-24-34(33)30-38;/h19-20,23-24,26,29-30,35H,3-18,21-22,25,27-28,31-32H2,1-2H3;1H/q+1;/p-1. The summed E-state index contributed by atoms with van der Waals surface area (Å²) in [6.45, 7) is 6.08. The Kier molecular flexibility index (Phi) is 20.1. The Bertz CT molecular complexity index is 1000. The van der Waals surface area contributed by atoms with E-state index in [1.54, 1.807) is 0 Å². The van der Waals surface area contributed by atoms with Gasteiger partial charge in [-0.25, -0.2) is 4.57 Å². The molecule has 0 bridgehead atoms. The molecule has 2 aromatic rings. The van der Waals surface area contributed by atoms with E-state index in [4.69, 9.17) is 14.2 Å². The molecule has 2 heterocycles. The van der Waals surface area contributed by atoms with Gasteiger partial charge in [-0.1, -0.05) is 115 Å². The number of ether oxygens (including phenoxy) is 3. The van der Waals surface area contributed by atoms with Crippen LogP contribution in [0.5, 0.6) is 0 Å². The van der Waals surface area contributed by atoms with Gasteiger partial charge in [0.05, 0.1) is 6.61 Å². The van der Waals surface area contributed by atoms with Crippen LogP contribution < -0.4 is 21.5 Å². The number of carbonyl (C=O) groups excluding carboxylic acids is 1. The van der Waals surface area contributed by atoms with E-state index in [1.165, 1.54) is 101 Å². The zero-order chi connectivity index (χ0) is 29.7. The third kappa shape index (κ3) is 16.4. The maximum Gasteiger partial charge on any atom is 0.305 e. The first kappa shape index (κ1) is 37.7. The Labute approximate surface area is 273 Å². The monoisotopic (exact) mass is 661 g/mol. The zero-order valence-corrected chi connectivity index (χ0v) is 28.9. The molecule has 1 aliphatic rings. The highest BCUT2D eigenvalue weighted by atomic mass is 79.9. The van der Waals surface area contributed by atoms with Crippen LogP contribution in [0.2, 0.25) is 0 Å². The highest BCUT2D eigenvalue weighted by Gasteiger charge is 2.37. The van der Waals surface area contributed by atoms with Crippen molar-refractivity contribution in [3.05, 3.63) is 42.7 Å². The molecule has 0 saturated carbocycles. The predicted octanol–water partition coefficient (Wildman–Crippen LogP) is 6.63. The van der Waals surface area contributed by atoms with Crippen LogP contribution in [0.4, 0.5) is 0 Å². The minimum atomic E-state index is -0.534. The van der Waals surface area contributed by atoms with Crippen molar-refractivity contribution in [3.63, 3.8) is 0 Å². The Balaban J connectivity index is 0.00000645. The minimum absolute atomic E-state index is 0. The second kappa shape index (κ2) is 22.9. The topological polar surface area (TPSA) is 48.6 Å². The first-order valence-electron chi connectivity index (χ1n) is 17.4. The van der Waals surface area contributed by atoms with Crippen molar-refractivity contribution >= 4 is 16.7 Å². The van der Waals surface area contributed by atoms with Gasteiger partial charge in [-0.15, -0.1) is 0 Å². The number of unbranched alkanes of at least 4 members (excludes halogenated alkanes) is 16. The number of nitrogens with zero attached hydrogens (tertiary/aromatic N) is 1. The molecule has 2 atom stereocenters. The largest absolute Gasteiger partial charge is 1.00 e. The molecule has 43 heavy (non-hydrogen) atoms. The van der Waals surface area contributed by atoms with Gasteiger partial charge in [0.15, 0.2) is 18.2 Å². The maximum absolute atomic E-state index is 12.2. The van der Waals surface area contributed by atoms with E-state index in [0.29, 0.717) is 19.6 Å². The van der Waals surface area contributed by atoms with Crippen LogP contribution >= 0.6 is 0 Å². The summed E-state index contributed by atoms with van der Waals surface area (Å²) in [5.74, 6) is -0.665. The van der Waals surface area contributed by atoms with Gasteiger partial charge in [0, 0.05) is 30.7 Å². The molecule has 6 heteroatoms. The third-order valence-electron chi connectivity index (χ3n) is 8.70. The summed E-state index contributed by atoms with van der Waals surface area (Å²) in [7, 11) is 0. The molecular weight excluding hydrogens is 602 g/mol. The van der Waals surface area contributed by atoms with Crippen molar-refractivity contribution in [1.29, 1.82) is 0 Å². The summed E-state index contributed by atoms with van der Waals surface area (Å²) in [6, 6.07) is 10.6. The highest BCUT2D eigenvalue weighted by molar-refractivity contribution is 5.80. The summed E-state index contributed by atoms with van der Waals surface area (Å²) in [4.78, 5) is 12.2. The number of aryl methyl sites for hydroxylation is 1. The number of fused-ring (bicyclic) bond motifs is 1. The molecule has 1 saturated heterocycles.